The van der Waals surface area contributed by atoms with Crippen molar-refractivity contribution in [2.24, 2.45) is 5.73 Å². The Hall–Kier alpha value is -1.10. The summed E-state index contributed by atoms with van der Waals surface area (Å²) >= 11 is 0. The van der Waals surface area contributed by atoms with E-state index < -0.39 is 6.10 Å². The molecule has 0 aliphatic rings. The number of hydrogen-bond donors (Lipinski definition) is 2. The van der Waals surface area contributed by atoms with Gasteiger partial charge in [-0.15, -0.1) is 12.4 Å². The van der Waals surface area contributed by atoms with E-state index in [4.69, 9.17) is 10.5 Å². The molecule has 3 N–H and O–H groups in total. The van der Waals surface area contributed by atoms with Crippen molar-refractivity contribution in [3.05, 3.63) is 35.9 Å². The molecule has 0 spiro atoms. The first kappa shape index (κ1) is 18.9. The van der Waals surface area contributed by atoms with Gasteiger partial charge in [0.1, 0.15) is 0 Å². The van der Waals surface area contributed by atoms with Gasteiger partial charge >= 0.3 is 0 Å². The van der Waals surface area contributed by atoms with Crippen molar-refractivity contribution in [3.8, 4) is 0 Å². The minimum atomic E-state index is -0.592. The van der Waals surface area contributed by atoms with E-state index >= 15 is 0 Å². The summed E-state index contributed by atoms with van der Waals surface area (Å²) in [6, 6.07) is 9.47. The lowest BCUT2D eigenvalue weighted by Gasteiger charge is -2.33. The second-order valence-corrected chi connectivity index (χ2v) is 4.71. The third kappa shape index (κ3) is 4.47. The van der Waals surface area contributed by atoms with Gasteiger partial charge in [0, 0.05) is 13.7 Å². The number of nitrogens with one attached hydrogen (secondary N) is 1. The highest BCUT2D eigenvalue weighted by Crippen LogP contribution is 2.20. The van der Waals surface area contributed by atoms with Gasteiger partial charge in [-0.3, -0.25) is 4.79 Å². The van der Waals surface area contributed by atoms with Crippen molar-refractivity contribution in [2.45, 2.75) is 38.3 Å². The van der Waals surface area contributed by atoms with E-state index in [1.807, 2.05) is 44.2 Å². The van der Waals surface area contributed by atoms with Crippen molar-refractivity contribution in [2.75, 3.05) is 13.7 Å². The third-order valence-corrected chi connectivity index (χ3v) is 3.71. The molecule has 1 unspecified atom stereocenters. The zero-order valence-corrected chi connectivity index (χ0v) is 13.2. The molecular weight excluding hydrogens is 276 g/mol. The van der Waals surface area contributed by atoms with E-state index in [1.54, 1.807) is 7.11 Å². The average Bonchev–Trinajstić information content (AvgIpc) is 2.47. The first-order valence-electron chi connectivity index (χ1n) is 6.72. The van der Waals surface area contributed by atoms with Crippen LogP contribution >= 0.6 is 12.4 Å². The Morgan fingerprint density at radius 2 is 1.85 bits per heavy atom. The van der Waals surface area contributed by atoms with Crippen molar-refractivity contribution < 1.29 is 9.53 Å². The van der Waals surface area contributed by atoms with Gasteiger partial charge in [-0.05, 0) is 18.4 Å². The summed E-state index contributed by atoms with van der Waals surface area (Å²) in [6.07, 6.45) is 1.01. The molecule has 1 atom stereocenters. The minimum absolute atomic E-state index is 0. The first-order valence-corrected chi connectivity index (χ1v) is 6.72. The molecule has 0 aliphatic heterocycles. The van der Waals surface area contributed by atoms with E-state index in [0.29, 0.717) is 6.54 Å². The van der Waals surface area contributed by atoms with Gasteiger partial charge in [0.2, 0.25) is 0 Å². The average molecular weight is 301 g/mol. The van der Waals surface area contributed by atoms with Crippen LogP contribution in [-0.4, -0.2) is 25.1 Å². The van der Waals surface area contributed by atoms with Gasteiger partial charge in [-0.25, -0.2) is 0 Å². The summed E-state index contributed by atoms with van der Waals surface area (Å²) in [5.41, 5.74) is 6.31. The highest BCUT2D eigenvalue weighted by Gasteiger charge is 2.30. The van der Waals surface area contributed by atoms with Gasteiger partial charge in [0.25, 0.3) is 5.91 Å². The summed E-state index contributed by atoms with van der Waals surface area (Å²) in [7, 11) is 1.54. The molecule has 1 rings (SSSR count). The number of ether oxygens (including phenoxy) is 1. The zero-order chi connectivity index (χ0) is 14.3. The summed E-state index contributed by atoms with van der Waals surface area (Å²) < 4.78 is 5.32. The fourth-order valence-electron chi connectivity index (χ4n) is 2.12. The SMILES string of the molecule is CCC(CC)(CN)NC(=O)C(OC)c1ccccc1.Cl. The van der Waals surface area contributed by atoms with E-state index in [2.05, 4.69) is 5.32 Å². The van der Waals surface area contributed by atoms with Gasteiger partial charge in [-0.2, -0.15) is 0 Å². The van der Waals surface area contributed by atoms with Crippen molar-refractivity contribution in [1.29, 1.82) is 0 Å². The molecule has 1 aromatic carbocycles. The van der Waals surface area contributed by atoms with Crippen LogP contribution in [0.15, 0.2) is 30.3 Å². The Kier molecular flexibility index (Phi) is 8.46. The lowest BCUT2D eigenvalue weighted by Crippen LogP contribution is -2.54. The molecule has 0 fully saturated rings. The summed E-state index contributed by atoms with van der Waals surface area (Å²) in [6.45, 7) is 4.49. The Morgan fingerprint density at radius 3 is 2.25 bits per heavy atom. The summed E-state index contributed by atoms with van der Waals surface area (Å²) in [5, 5.41) is 3.04. The van der Waals surface area contributed by atoms with Gasteiger partial charge in [0.15, 0.2) is 6.10 Å². The maximum absolute atomic E-state index is 12.4. The van der Waals surface area contributed by atoms with Gasteiger partial charge in [-0.1, -0.05) is 44.2 Å². The quantitative estimate of drug-likeness (QED) is 0.813. The molecule has 0 radical (unpaired) electrons. The third-order valence-electron chi connectivity index (χ3n) is 3.71. The summed E-state index contributed by atoms with van der Waals surface area (Å²) in [5.74, 6) is -0.136. The number of carbonyl (C=O) groups is 1. The van der Waals surface area contributed by atoms with Crippen molar-refractivity contribution >= 4 is 18.3 Å². The van der Waals surface area contributed by atoms with Gasteiger partial charge in [0.05, 0.1) is 5.54 Å². The molecule has 1 aromatic rings. The van der Waals surface area contributed by atoms with Crippen molar-refractivity contribution in [3.63, 3.8) is 0 Å². The maximum Gasteiger partial charge on any atom is 0.254 e. The first-order chi connectivity index (χ1) is 9.12. The molecular formula is C15H25ClN2O2. The van der Waals surface area contributed by atoms with Crippen LogP contribution in [0.5, 0.6) is 0 Å². The summed E-state index contributed by atoms with van der Waals surface area (Å²) in [4.78, 5) is 12.4. The van der Waals surface area contributed by atoms with E-state index in [9.17, 15) is 4.79 Å². The molecule has 4 nitrogen and oxygen atoms in total. The molecule has 114 valence electrons. The predicted molar refractivity (Wildman–Crippen MR) is 84.0 cm³/mol. The number of carbonyl (C=O) groups excluding carboxylic acids is 1. The smallest absolute Gasteiger partial charge is 0.254 e. The number of amides is 1. The van der Waals surface area contributed by atoms with Crippen LogP contribution in [0.1, 0.15) is 38.4 Å². The Labute approximate surface area is 127 Å². The van der Waals surface area contributed by atoms with Gasteiger partial charge < -0.3 is 15.8 Å². The van der Waals surface area contributed by atoms with Crippen LogP contribution in [0.4, 0.5) is 0 Å². The fourth-order valence-corrected chi connectivity index (χ4v) is 2.12. The minimum Gasteiger partial charge on any atom is -0.367 e. The van der Waals surface area contributed by atoms with Crippen LogP contribution < -0.4 is 11.1 Å². The molecule has 5 heteroatoms. The van der Waals surface area contributed by atoms with Crippen LogP contribution in [0.2, 0.25) is 0 Å². The normalized spacial score (nSPS) is 12.4. The highest BCUT2D eigenvalue weighted by molar-refractivity contribution is 5.85. The lowest BCUT2D eigenvalue weighted by atomic mass is 9.92. The number of rotatable bonds is 7. The van der Waals surface area contributed by atoms with E-state index in [-0.39, 0.29) is 23.9 Å². The zero-order valence-electron chi connectivity index (χ0n) is 12.4. The second kappa shape index (κ2) is 8.95. The Bertz CT molecular complexity index is 386. The largest absolute Gasteiger partial charge is 0.367 e. The predicted octanol–water partition coefficient (Wildman–Crippen LogP) is 2.43. The van der Waals surface area contributed by atoms with Crippen LogP contribution in [0.3, 0.4) is 0 Å². The fraction of sp³-hybridized carbons (Fsp3) is 0.533. The van der Waals surface area contributed by atoms with E-state index in [1.165, 1.54) is 0 Å². The Balaban J connectivity index is 0.00000361. The van der Waals surface area contributed by atoms with Crippen LogP contribution in [0.25, 0.3) is 0 Å². The van der Waals surface area contributed by atoms with Crippen LogP contribution in [-0.2, 0) is 9.53 Å². The topological polar surface area (TPSA) is 64.3 Å². The number of hydrogen-bond acceptors (Lipinski definition) is 3. The molecule has 0 aliphatic carbocycles. The molecule has 0 saturated carbocycles. The lowest BCUT2D eigenvalue weighted by molar-refractivity contribution is -0.133. The number of methoxy groups -OCH3 is 1. The Morgan fingerprint density at radius 1 is 1.30 bits per heavy atom. The molecule has 0 saturated heterocycles. The molecule has 1 amide bonds. The monoisotopic (exact) mass is 300 g/mol. The van der Waals surface area contributed by atoms with Crippen molar-refractivity contribution in [1.82, 2.24) is 5.32 Å². The second-order valence-electron chi connectivity index (χ2n) is 4.71. The maximum atomic E-state index is 12.4. The molecule has 20 heavy (non-hydrogen) atoms. The highest BCUT2D eigenvalue weighted by atomic mass is 35.5. The molecule has 0 aromatic heterocycles. The standard InChI is InChI=1S/C15H24N2O2.ClH/c1-4-15(5-2,11-16)17-14(18)13(19-3)12-9-7-6-8-10-12;/h6-10,13H,4-5,11,16H2,1-3H3,(H,17,18);1H. The van der Waals surface area contributed by atoms with E-state index in [0.717, 1.165) is 18.4 Å². The number of nitrogens with two attached hydrogens (primary N) is 1. The number of benzene rings is 1. The molecule has 0 heterocycles. The van der Waals surface area contributed by atoms with Crippen LogP contribution in [0, 0.1) is 0 Å². The number of halogens is 1. The molecule has 0 bridgehead atoms.